The number of hydrogen-bond acceptors (Lipinski definition) is 5. The maximum atomic E-state index is 11.5. The van der Waals surface area contributed by atoms with Crippen LogP contribution in [0.2, 0.25) is 0 Å². The molecule has 130 valence electrons. The summed E-state index contributed by atoms with van der Waals surface area (Å²) in [5.74, 6) is -0.644. The van der Waals surface area contributed by atoms with Gasteiger partial charge in [0, 0.05) is 19.3 Å². The van der Waals surface area contributed by atoms with Gasteiger partial charge in [-0.1, -0.05) is 40.5 Å². The van der Waals surface area contributed by atoms with Crippen molar-refractivity contribution in [2.75, 3.05) is 6.61 Å². The molecule has 0 aromatic carbocycles. The first-order valence-electron chi connectivity index (χ1n) is 8.28. The van der Waals surface area contributed by atoms with E-state index in [-0.39, 0.29) is 17.8 Å². The van der Waals surface area contributed by atoms with Crippen molar-refractivity contribution in [3.63, 3.8) is 0 Å². The molecule has 5 nitrogen and oxygen atoms in total. The molecule has 0 aliphatic carbocycles. The molecule has 1 N–H and O–H groups in total. The number of ether oxygens (including phenoxy) is 2. The maximum Gasteiger partial charge on any atom is 0.308 e. The highest BCUT2D eigenvalue weighted by Crippen LogP contribution is 2.14. The number of hydrogen-bond donors (Lipinski definition) is 1. The maximum absolute atomic E-state index is 11.5. The van der Waals surface area contributed by atoms with Crippen LogP contribution in [0.25, 0.3) is 0 Å². The lowest BCUT2D eigenvalue weighted by atomic mass is 9.99. The highest BCUT2D eigenvalue weighted by molar-refractivity contribution is 5.70. The van der Waals surface area contributed by atoms with Crippen molar-refractivity contribution < 1.29 is 24.2 Å². The van der Waals surface area contributed by atoms with E-state index < -0.39 is 12.3 Å². The summed E-state index contributed by atoms with van der Waals surface area (Å²) in [5.41, 5.74) is -0.0343. The Balaban J connectivity index is 3.61. The van der Waals surface area contributed by atoms with E-state index in [1.165, 1.54) is 0 Å². The van der Waals surface area contributed by atoms with Crippen LogP contribution in [0.15, 0.2) is 0 Å². The zero-order chi connectivity index (χ0) is 17.0. The van der Waals surface area contributed by atoms with Crippen molar-refractivity contribution in [1.82, 2.24) is 0 Å². The predicted octanol–water partition coefficient (Wildman–Crippen LogP) is 3.58. The van der Waals surface area contributed by atoms with Gasteiger partial charge in [0.25, 0.3) is 0 Å². The van der Waals surface area contributed by atoms with Crippen LogP contribution < -0.4 is 0 Å². The third kappa shape index (κ3) is 13.9. The van der Waals surface area contributed by atoms with Gasteiger partial charge in [-0.25, -0.2) is 0 Å². The molecule has 0 heterocycles. The molecule has 0 aliphatic heterocycles. The van der Waals surface area contributed by atoms with Gasteiger partial charge in [-0.2, -0.15) is 0 Å². The number of carbonyl (C=O) groups is 2. The van der Waals surface area contributed by atoms with E-state index in [2.05, 4.69) is 6.92 Å². The van der Waals surface area contributed by atoms with Gasteiger partial charge in [-0.3, -0.25) is 9.59 Å². The third-order valence-corrected chi connectivity index (χ3v) is 3.00. The van der Waals surface area contributed by atoms with Crippen molar-refractivity contribution in [1.29, 1.82) is 0 Å². The average molecular weight is 316 g/mol. The molecule has 0 spiro atoms. The van der Waals surface area contributed by atoms with E-state index in [1.54, 1.807) is 0 Å². The zero-order valence-electron chi connectivity index (χ0n) is 14.5. The first-order valence-corrected chi connectivity index (χ1v) is 8.28. The van der Waals surface area contributed by atoms with E-state index in [4.69, 9.17) is 9.47 Å². The van der Waals surface area contributed by atoms with E-state index in [0.29, 0.717) is 32.3 Å². The Morgan fingerprint density at radius 2 is 1.59 bits per heavy atom. The summed E-state index contributed by atoms with van der Waals surface area (Å²) in [7, 11) is 0. The highest BCUT2D eigenvalue weighted by Gasteiger charge is 2.14. The van der Waals surface area contributed by atoms with Crippen molar-refractivity contribution >= 4 is 11.9 Å². The predicted molar refractivity (Wildman–Crippen MR) is 85.1 cm³/mol. The fourth-order valence-electron chi connectivity index (χ4n) is 1.75. The van der Waals surface area contributed by atoms with Gasteiger partial charge < -0.3 is 14.6 Å². The van der Waals surface area contributed by atoms with Gasteiger partial charge in [0.15, 0.2) is 0 Å². The molecule has 0 amide bonds. The van der Waals surface area contributed by atoms with Crippen LogP contribution >= 0.6 is 0 Å². The van der Waals surface area contributed by atoms with Crippen molar-refractivity contribution in [2.45, 2.75) is 85.4 Å². The standard InChI is InChI=1S/C17H32O5/c1-5-6-7-11-15(19)22-16(20)12-9-8-10-14(18)21-13-17(2,3)4/h15,19H,5-13H2,1-4H3. The Kier molecular flexibility index (Phi) is 10.9. The summed E-state index contributed by atoms with van der Waals surface area (Å²) >= 11 is 0. The van der Waals surface area contributed by atoms with Gasteiger partial charge in [0.2, 0.25) is 6.29 Å². The van der Waals surface area contributed by atoms with Gasteiger partial charge in [-0.15, -0.1) is 0 Å². The average Bonchev–Trinajstić information content (AvgIpc) is 2.41. The number of esters is 2. The lowest BCUT2D eigenvalue weighted by Gasteiger charge is -2.17. The summed E-state index contributed by atoms with van der Waals surface area (Å²) in [6.07, 6.45) is 4.09. The van der Waals surface area contributed by atoms with Crippen LogP contribution in [0, 0.1) is 5.41 Å². The molecule has 0 saturated heterocycles. The number of aliphatic hydroxyl groups excluding tert-OH is 1. The van der Waals surface area contributed by atoms with Gasteiger partial charge >= 0.3 is 11.9 Å². The molecular weight excluding hydrogens is 284 g/mol. The molecule has 0 bridgehead atoms. The van der Waals surface area contributed by atoms with Gasteiger partial charge in [-0.05, 0) is 24.7 Å². The Bertz CT molecular complexity index is 320. The minimum atomic E-state index is -1.00. The van der Waals surface area contributed by atoms with Crippen LogP contribution in [0.3, 0.4) is 0 Å². The second-order valence-corrected chi connectivity index (χ2v) is 6.87. The van der Waals surface area contributed by atoms with Crippen LogP contribution in [0.4, 0.5) is 0 Å². The number of rotatable bonds is 11. The number of carbonyl (C=O) groups excluding carboxylic acids is 2. The summed E-state index contributed by atoms with van der Waals surface area (Å²) in [5, 5.41) is 9.52. The summed E-state index contributed by atoms with van der Waals surface area (Å²) in [4.78, 5) is 23.0. The molecule has 0 aromatic heterocycles. The Morgan fingerprint density at radius 3 is 2.14 bits per heavy atom. The second kappa shape index (κ2) is 11.5. The molecule has 0 aromatic rings. The van der Waals surface area contributed by atoms with E-state index in [0.717, 1.165) is 19.3 Å². The molecule has 0 rings (SSSR count). The molecule has 0 saturated carbocycles. The van der Waals surface area contributed by atoms with Crippen molar-refractivity contribution in [2.24, 2.45) is 5.41 Å². The SMILES string of the molecule is CCCCCC(O)OC(=O)CCCCC(=O)OCC(C)(C)C. The Hall–Kier alpha value is -1.10. The summed E-state index contributed by atoms with van der Waals surface area (Å²) < 4.78 is 10.0. The largest absolute Gasteiger partial charge is 0.465 e. The molecule has 5 heteroatoms. The van der Waals surface area contributed by atoms with E-state index in [1.807, 2.05) is 20.8 Å². The fourth-order valence-corrected chi connectivity index (χ4v) is 1.75. The third-order valence-electron chi connectivity index (χ3n) is 3.00. The van der Waals surface area contributed by atoms with Crippen LogP contribution in [0.5, 0.6) is 0 Å². The smallest absolute Gasteiger partial charge is 0.308 e. The molecule has 0 radical (unpaired) electrons. The minimum Gasteiger partial charge on any atom is -0.465 e. The first kappa shape index (κ1) is 20.9. The second-order valence-electron chi connectivity index (χ2n) is 6.87. The van der Waals surface area contributed by atoms with Gasteiger partial charge in [0.1, 0.15) is 0 Å². The molecule has 1 atom stereocenters. The normalized spacial score (nSPS) is 12.8. The number of aliphatic hydroxyl groups is 1. The quantitative estimate of drug-likeness (QED) is 0.358. The topological polar surface area (TPSA) is 72.8 Å². The summed E-state index contributed by atoms with van der Waals surface area (Å²) in [6.45, 7) is 8.48. The van der Waals surface area contributed by atoms with E-state index >= 15 is 0 Å². The number of unbranched alkanes of at least 4 members (excludes halogenated alkanes) is 3. The van der Waals surface area contributed by atoms with Gasteiger partial charge in [0.05, 0.1) is 6.61 Å². The Labute approximate surface area is 134 Å². The Morgan fingerprint density at radius 1 is 1.00 bits per heavy atom. The molecular formula is C17H32O5. The molecule has 22 heavy (non-hydrogen) atoms. The van der Waals surface area contributed by atoms with Crippen LogP contribution in [0.1, 0.15) is 79.1 Å². The molecule has 1 unspecified atom stereocenters. The van der Waals surface area contributed by atoms with E-state index in [9.17, 15) is 14.7 Å². The molecule has 0 fully saturated rings. The lowest BCUT2D eigenvalue weighted by Crippen LogP contribution is -2.18. The zero-order valence-corrected chi connectivity index (χ0v) is 14.5. The first-order chi connectivity index (χ1) is 10.2. The molecule has 0 aliphatic rings. The van der Waals surface area contributed by atoms with Crippen LogP contribution in [-0.4, -0.2) is 29.9 Å². The minimum absolute atomic E-state index is 0.0343. The fraction of sp³-hybridized carbons (Fsp3) is 0.882. The summed E-state index contributed by atoms with van der Waals surface area (Å²) in [6, 6.07) is 0. The highest BCUT2D eigenvalue weighted by atomic mass is 16.6. The van der Waals surface area contributed by atoms with Crippen LogP contribution in [-0.2, 0) is 19.1 Å². The van der Waals surface area contributed by atoms with Crippen molar-refractivity contribution in [3.8, 4) is 0 Å². The van der Waals surface area contributed by atoms with Crippen molar-refractivity contribution in [3.05, 3.63) is 0 Å². The lowest BCUT2D eigenvalue weighted by molar-refractivity contribution is -0.169. The monoisotopic (exact) mass is 316 g/mol.